The summed E-state index contributed by atoms with van der Waals surface area (Å²) < 4.78 is 0. The highest BCUT2D eigenvalue weighted by molar-refractivity contribution is 6.36. The minimum Gasteiger partial charge on any atom is -0.397 e. The predicted molar refractivity (Wildman–Crippen MR) is 41.6 cm³/mol. The zero-order valence-corrected chi connectivity index (χ0v) is 6.65. The van der Waals surface area contributed by atoms with E-state index in [1.807, 2.05) is 0 Å². The summed E-state index contributed by atoms with van der Waals surface area (Å²) in [4.78, 5) is 0. The van der Waals surface area contributed by atoms with Gasteiger partial charge in [-0.1, -0.05) is 29.3 Å². The van der Waals surface area contributed by atoms with Gasteiger partial charge in [-0.05, 0) is 6.42 Å². The van der Waals surface area contributed by atoms with Gasteiger partial charge in [-0.15, -0.1) is 0 Å². The van der Waals surface area contributed by atoms with E-state index >= 15 is 0 Å². The van der Waals surface area contributed by atoms with Crippen molar-refractivity contribution < 1.29 is 5.11 Å². The van der Waals surface area contributed by atoms with Crippen molar-refractivity contribution in [3.05, 3.63) is 21.8 Å². The molecule has 0 saturated carbocycles. The Morgan fingerprint density at radius 1 is 1.60 bits per heavy atom. The Bertz CT molecular complexity index is 210. The number of aliphatic hydroxyl groups is 1. The fraction of sp³-hybridized carbons (Fsp3) is 0.333. The van der Waals surface area contributed by atoms with E-state index in [9.17, 15) is 0 Å². The molecule has 1 rings (SSSR count). The molecule has 1 aliphatic carbocycles. The first-order chi connectivity index (χ1) is 4.63. The van der Waals surface area contributed by atoms with Gasteiger partial charge in [-0.3, -0.25) is 0 Å². The molecule has 0 aliphatic heterocycles. The van der Waals surface area contributed by atoms with E-state index in [2.05, 4.69) is 0 Å². The summed E-state index contributed by atoms with van der Waals surface area (Å²) in [6.45, 7) is 0. The largest absolute Gasteiger partial charge is 0.397 e. The standard InChI is InChI=1S/C6H7Cl2NO/c7-3-1-2-4(10)5(8)6(3)9/h1,4,10H,2,9H2. The lowest BCUT2D eigenvalue weighted by Crippen LogP contribution is -2.16. The van der Waals surface area contributed by atoms with Gasteiger partial charge in [0, 0.05) is 0 Å². The van der Waals surface area contributed by atoms with E-state index in [4.69, 9.17) is 34.0 Å². The number of rotatable bonds is 0. The van der Waals surface area contributed by atoms with Gasteiger partial charge >= 0.3 is 0 Å². The topological polar surface area (TPSA) is 46.2 Å². The number of aliphatic hydroxyl groups excluding tert-OH is 1. The Kier molecular flexibility index (Phi) is 2.24. The number of nitrogens with two attached hydrogens (primary N) is 1. The fourth-order valence-corrected chi connectivity index (χ4v) is 1.15. The van der Waals surface area contributed by atoms with Crippen molar-refractivity contribution in [2.24, 2.45) is 5.73 Å². The second kappa shape index (κ2) is 2.82. The molecular formula is C6H7Cl2NO. The molecule has 0 aromatic heterocycles. The van der Waals surface area contributed by atoms with Crippen LogP contribution in [0.5, 0.6) is 0 Å². The zero-order chi connectivity index (χ0) is 7.72. The number of allylic oxidation sites excluding steroid dienone is 1. The maximum Gasteiger partial charge on any atom is 0.0951 e. The van der Waals surface area contributed by atoms with Gasteiger partial charge in [-0.25, -0.2) is 0 Å². The molecule has 0 bridgehead atoms. The normalized spacial score (nSPS) is 26.7. The van der Waals surface area contributed by atoms with Crippen LogP contribution >= 0.6 is 23.2 Å². The molecular weight excluding hydrogens is 173 g/mol. The van der Waals surface area contributed by atoms with Crippen molar-refractivity contribution in [2.75, 3.05) is 0 Å². The summed E-state index contributed by atoms with van der Waals surface area (Å²) in [5.41, 5.74) is 5.68. The highest BCUT2D eigenvalue weighted by Gasteiger charge is 2.17. The van der Waals surface area contributed by atoms with Crippen LogP contribution in [0.1, 0.15) is 6.42 Å². The Morgan fingerprint density at radius 2 is 2.20 bits per heavy atom. The molecule has 1 unspecified atom stereocenters. The monoisotopic (exact) mass is 179 g/mol. The van der Waals surface area contributed by atoms with E-state index in [0.29, 0.717) is 11.5 Å². The summed E-state index contributed by atoms with van der Waals surface area (Å²) in [5.74, 6) is 0. The Hall–Kier alpha value is -0.180. The van der Waals surface area contributed by atoms with E-state index in [-0.39, 0.29) is 10.7 Å². The summed E-state index contributed by atoms with van der Waals surface area (Å²) in [6.07, 6.45) is 1.41. The summed E-state index contributed by atoms with van der Waals surface area (Å²) >= 11 is 11.2. The number of hydrogen-bond acceptors (Lipinski definition) is 2. The molecule has 10 heavy (non-hydrogen) atoms. The molecule has 56 valence electrons. The number of halogens is 2. The Morgan fingerprint density at radius 3 is 2.70 bits per heavy atom. The molecule has 1 atom stereocenters. The van der Waals surface area contributed by atoms with Gasteiger partial charge in [0.15, 0.2) is 0 Å². The second-order valence-corrected chi connectivity index (χ2v) is 2.88. The minimum absolute atomic E-state index is 0.243. The molecule has 0 radical (unpaired) electrons. The molecule has 2 nitrogen and oxygen atoms in total. The van der Waals surface area contributed by atoms with Crippen molar-refractivity contribution in [2.45, 2.75) is 12.5 Å². The first-order valence-corrected chi connectivity index (χ1v) is 3.57. The van der Waals surface area contributed by atoms with Crippen molar-refractivity contribution in [3.63, 3.8) is 0 Å². The van der Waals surface area contributed by atoms with Gasteiger partial charge in [0.2, 0.25) is 0 Å². The molecule has 4 heteroatoms. The third-order valence-electron chi connectivity index (χ3n) is 1.33. The van der Waals surface area contributed by atoms with Gasteiger partial charge < -0.3 is 10.8 Å². The van der Waals surface area contributed by atoms with E-state index < -0.39 is 6.10 Å². The molecule has 0 heterocycles. The van der Waals surface area contributed by atoms with Gasteiger partial charge in [0.1, 0.15) is 0 Å². The maximum atomic E-state index is 9.09. The lowest BCUT2D eigenvalue weighted by molar-refractivity contribution is 0.219. The van der Waals surface area contributed by atoms with Crippen molar-refractivity contribution >= 4 is 23.2 Å². The molecule has 0 spiro atoms. The van der Waals surface area contributed by atoms with Crippen molar-refractivity contribution in [3.8, 4) is 0 Å². The highest BCUT2D eigenvalue weighted by atomic mass is 35.5. The van der Waals surface area contributed by atoms with Crippen LogP contribution in [0.25, 0.3) is 0 Å². The SMILES string of the molecule is NC1=C(Cl)C(O)CC=C1Cl. The summed E-state index contributed by atoms with van der Waals surface area (Å²) in [7, 11) is 0. The van der Waals surface area contributed by atoms with Crippen LogP contribution in [-0.4, -0.2) is 11.2 Å². The molecule has 0 aromatic carbocycles. The first-order valence-electron chi connectivity index (χ1n) is 2.82. The fourth-order valence-electron chi connectivity index (χ4n) is 0.722. The number of hydrogen-bond donors (Lipinski definition) is 2. The van der Waals surface area contributed by atoms with Crippen LogP contribution in [0.4, 0.5) is 0 Å². The Labute approximate surface area is 68.9 Å². The summed E-state index contributed by atoms with van der Waals surface area (Å²) in [6, 6.07) is 0. The van der Waals surface area contributed by atoms with Gasteiger partial charge in [0.05, 0.1) is 21.9 Å². The molecule has 1 aliphatic rings. The van der Waals surface area contributed by atoms with Gasteiger partial charge in [-0.2, -0.15) is 0 Å². The molecule has 0 saturated heterocycles. The smallest absolute Gasteiger partial charge is 0.0951 e. The predicted octanol–water partition coefficient (Wildman–Crippen LogP) is 1.28. The van der Waals surface area contributed by atoms with Crippen molar-refractivity contribution in [1.29, 1.82) is 0 Å². The lowest BCUT2D eigenvalue weighted by atomic mass is 10.1. The van der Waals surface area contributed by atoms with Crippen LogP contribution in [-0.2, 0) is 0 Å². The molecule has 0 aromatic rings. The van der Waals surface area contributed by atoms with E-state index in [1.165, 1.54) is 0 Å². The highest BCUT2D eigenvalue weighted by Crippen LogP contribution is 2.26. The maximum absolute atomic E-state index is 9.09. The van der Waals surface area contributed by atoms with Crippen LogP contribution in [0, 0.1) is 0 Å². The third kappa shape index (κ3) is 1.29. The molecule has 0 fully saturated rings. The lowest BCUT2D eigenvalue weighted by Gasteiger charge is -2.15. The minimum atomic E-state index is -0.677. The molecule has 3 N–H and O–H groups in total. The quantitative estimate of drug-likeness (QED) is 0.589. The second-order valence-electron chi connectivity index (χ2n) is 2.07. The van der Waals surface area contributed by atoms with Crippen molar-refractivity contribution in [1.82, 2.24) is 0 Å². The van der Waals surface area contributed by atoms with Gasteiger partial charge in [0.25, 0.3) is 0 Å². The van der Waals surface area contributed by atoms with Crippen LogP contribution in [0.15, 0.2) is 21.8 Å². The average Bonchev–Trinajstić information content (AvgIpc) is 1.93. The summed E-state index contributed by atoms with van der Waals surface area (Å²) in [5, 5.41) is 9.76. The zero-order valence-electron chi connectivity index (χ0n) is 5.14. The van der Waals surface area contributed by atoms with E-state index in [1.54, 1.807) is 6.08 Å². The van der Waals surface area contributed by atoms with Crippen LogP contribution < -0.4 is 5.73 Å². The van der Waals surface area contributed by atoms with Crippen LogP contribution in [0.3, 0.4) is 0 Å². The third-order valence-corrected chi connectivity index (χ3v) is 2.14. The first kappa shape index (κ1) is 7.92. The average molecular weight is 180 g/mol. The molecule has 0 amide bonds. The van der Waals surface area contributed by atoms with Crippen LogP contribution in [0.2, 0.25) is 0 Å². The Balaban J connectivity index is 2.94. The van der Waals surface area contributed by atoms with E-state index in [0.717, 1.165) is 0 Å².